The van der Waals surface area contributed by atoms with E-state index in [2.05, 4.69) is 0 Å². The van der Waals surface area contributed by atoms with Gasteiger partial charge in [0.1, 0.15) is 5.75 Å². The second-order valence-electron chi connectivity index (χ2n) is 3.93. The Balaban J connectivity index is 2.24. The first-order valence-electron chi connectivity index (χ1n) is 5.18. The van der Waals surface area contributed by atoms with Crippen LogP contribution in [0.3, 0.4) is 0 Å². The van der Waals surface area contributed by atoms with Crippen molar-refractivity contribution in [2.45, 2.75) is 13.3 Å². The molecule has 2 aromatic rings. The average molecular weight is 233 g/mol. The van der Waals surface area contributed by atoms with E-state index in [1.165, 1.54) is 11.1 Å². The van der Waals surface area contributed by atoms with Crippen molar-refractivity contribution in [3.8, 4) is 5.75 Å². The largest absolute Gasteiger partial charge is 0.508 e. The molecule has 1 N–H and O–H groups in total. The molecule has 0 aliphatic rings. The smallest absolute Gasteiger partial charge is 0.118 e. The molecule has 0 radical (unpaired) electrons. The van der Waals surface area contributed by atoms with E-state index in [9.17, 15) is 5.11 Å². The number of aryl methyl sites for hydroxylation is 1. The number of rotatable bonds is 2. The highest BCUT2D eigenvalue weighted by Gasteiger charge is 2.00. The molecule has 16 heavy (non-hydrogen) atoms. The van der Waals surface area contributed by atoms with E-state index >= 15 is 0 Å². The van der Waals surface area contributed by atoms with Crippen LogP contribution in [0.25, 0.3) is 0 Å². The van der Waals surface area contributed by atoms with Crippen LogP contribution in [-0.4, -0.2) is 5.11 Å². The fraction of sp³-hybridized carbons (Fsp3) is 0.143. The lowest BCUT2D eigenvalue weighted by atomic mass is 10.0. The molecule has 0 amide bonds. The predicted octanol–water partition coefficient (Wildman–Crippen LogP) is 3.94. The Labute approximate surface area is 100 Å². The topological polar surface area (TPSA) is 20.2 Å². The quantitative estimate of drug-likeness (QED) is 0.832. The van der Waals surface area contributed by atoms with Crippen LogP contribution in [0, 0.1) is 6.92 Å². The van der Waals surface area contributed by atoms with Crippen LogP contribution >= 0.6 is 11.6 Å². The molecule has 0 bridgehead atoms. The molecule has 0 saturated heterocycles. The average Bonchev–Trinajstić information content (AvgIpc) is 2.24. The fourth-order valence-corrected chi connectivity index (χ4v) is 1.92. The third-order valence-electron chi connectivity index (χ3n) is 2.56. The van der Waals surface area contributed by atoms with Gasteiger partial charge in [0.05, 0.1) is 0 Å². The highest BCUT2D eigenvalue weighted by Crippen LogP contribution is 2.20. The van der Waals surface area contributed by atoms with Gasteiger partial charge in [0.15, 0.2) is 0 Å². The molecule has 2 rings (SSSR count). The van der Waals surface area contributed by atoms with Gasteiger partial charge in [0, 0.05) is 5.02 Å². The van der Waals surface area contributed by atoms with Crippen molar-refractivity contribution < 1.29 is 5.11 Å². The van der Waals surface area contributed by atoms with Crippen LogP contribution in [0.15, 0.2) is 42.5 Å². The summed E-state index contributed by atoms with van der Waals surface area (Å²) in [6.07, 6.45) is 0.835. The number of halogens is 1. The van der Waals surface area contributed by atoms with Crippen LogP contribution in [0.2, 0.25) is 5.02 Å². The zero-order chi connectivity index (χ0) is 11.5. The SMILES string of the molecule is Cc1cc(Cc2cccc(Cl)c2)ccc1O. The van der Waals surface area contributed by atoms with Crippen molar-refractivity contribution in [3.05, 3.63) is 64.2 Å². The number of aromatic hydroxyl groups is 1. The third-order valence-corrected chi connectivity index (χ3v) is 2.79. The van der Waals surface area contributed by atoms with Gasteiger partial charge < -0.3 is 5.11 Å². The molecule has 0 fully saturated rings. The highest BCUT2D eigenvalue weighted by atomic mass is 35.5. The lowest BCUT2D eigenvalue weighted by Crippen LogP contribution is -1.88. The molecule has 2 heteroatoms. The molecule has 2 aromatic carbocycles. The maximum absolute atomic E-state index is 9.43. The van der Waals surface area contributed by atoms with Crippen molar-refractivity contribution >= 4 is 11.6 Å². The summed E-state index contributed by atoms with van der Waals surface area (Å²) in [7, 11) is 0. The van der Waals surface area contributed by atoms with E-state index in [1.54, 1.807) is 6.07 Å². The van der Waals surface area contributed by atoms with E-state index < -0.39 is 0 Å². The molecule has 0 aliphatic heterocycles. The Bertz CT molecular complexity index is 506. The van der Waals surface area contributed by atoms with Crippen molar-refractivity contribution in [3.63, 3.8) is 0 Å². The maximum Gasteiger partial charge on any atom is 0.118 e. The van der Waals surface area contributed by atoms with Crippen LogP contribution in [-0.2, 0) is 6.42 Å². The molecular weight excluding hydrogens is 220 g/mol. The Hall–Kier alpha value is -1.47. The van der Waals surface area contributed by atoms with Crippen molar-refractivity contribution in [1.29, 1.82) is 0 Å². The van der Waals surface area contributed by atoms with Gasteiger partial charge in [-0.25, -0.2) is 0 Å². The second kappa shape index (κ2) is 4.58. The third kappa shape index (κ3) is 2.56. The standard InChI is InChI=1S/C14H13ClO/c1-10-7-12(5-6-14(10)16)8-11-3-2-4-13(15)9-11/h2-7,9,16H,8H2,1H3. The first-order valence-corrected chi connectivity index (χ1v) is 5.56. The summed E-state index contributed by atoms with van der Waals surface area (Å²) in [5.41, 5.74) is 3.26. The zero-order valence-corrected chi connectivity index (χ0v) is 9.83. The van der Waals surface area contributed by atoms with Gasteiger partial charge >= 0.3 is 0 Å². The number of phenols is 1. The summed E-state index contributed by atoms with van der Waals surface area (Å²) < 4.78 is 0. The lowest BCUT2D eigenvalue weighted by molar-refractivity contribution is 0.471. The molecular formula is C14H13ClO. The second-order valence-corrected chi connectivity index (χ2v) is 4.36. The summed E-state index contributed by atoms with van der Waals surface area (Å²) in [5, 5.41) is 10.2. The van der Waals surface area contributed by atoms with E-state index in [1.807, 2.05) is 43.3 Å². The summed E-state index contributed by atoms with van der Waals surface area (Å²) >= 11 is 5.93. The molecule has 0 unspecified atom stereocenters. The number of benzene rings is 2. The summed E-state index contributed by atoms with van der Waals surface area (Å²) in [5.74, 6) is 0.342. The number of phenolic OH excluding ortho intramolecular Hbond substituents is 1. The molecule has 82 valence electrons. The molecule has 0 aliphatic carbocycles. The van der Waals surface area contributed by atoms with Crippen molar-refractivity contribution in [1.82, 2.24) is 0 Å². The molecule has 0 saturated carbocycles. The Morgan fingerprint density at radius 3 is 2.50 bits per heavy atom. The highest BCUT2D eigenvalue weighted by molar-refractivity contribution is 6.30. The van der Waals surface area contributed by atoms with Crippen molar-refractivity contribution in [2.75, 3.05) is 0 Å². The molecule has 0 spiro atoms. The molecule has 0 heterocycles. The monoisotopic (exact) mass is 232 g/mol. The lowest BCUT2D eigenvalue weighted by Gasteiger charge is -2.05. The van der Waals surface area contributed by atoms with Crippen LogP contribution in [0.4, 0.5) is 0 Å². The van der Waals surface area contributed by atoms with Gasteiger partial charge in [-0.05, 0) is 48.2 Å². The zero-order valence-electron chi connectivity index (χ0n) is 9.07. The number of hydrogen-bond acceptors (Lipinski definition) is 1. The molecule has 0 aromatic heterocycles. The van der Waals surface area contributed by atoms with Gasteiger partial charge in [-0.15, -0.1) is 0 Å². The first kappa shape index (κ1) is 11.0. The van der Waals surface area contributed by atoms with Gasteiger partial charge in [-0.1, -0.05) is 35.9 Å². The Kier molecular flexibility index (Phi) is 3.16. The summed E-state index contributed by atoms with van der Waals surface area (Å²) in [4.78, 5) is 0. The molecule has 1 nitrogen and oxygen atoms in total. The maximum atomic E-state index is 9.43. The Morgan fingerprint density at radius 1 is 1.06 bits per heavy atom. The summed E-state index contributed by atoms with van der Waals surface area (Å²) in [6.45, 7) is 1.90. The van der Waals surface area contributed by atoms with E-state index in [0.29, 0.717) is 5.75 Å². The first-order chi connectivity index (χ1) is 7.65. The summed E-state index contributed by atoms with van der Waals surface area (Å²) in [6, 6.07) is 13.5. The minimum absolute atomic E-state index is 0.342. The van der Waals surface area contributed by atoms with E-state index in [4.69, 9.17) is 11.6 Å². The van der Waals surface area contributed by atoms with E-state index in [0.717, 1.165) is 17.0 Å². The van der Waals surface area contributed by atoms with Gasteiger partial charge in [-0.3, -0.25) is 0 Å². The van der Waals surface area contributed by atoms with Crippen LogP contribution in [0.5, 0.6) is 5.75 Å². The molecule has 0 atom stereocenters. The van der Waals surface area contributed by atoms with Gasteiger partial charge in [0.25, 0.3) is 0 Å². The fourth-order valence-electron chi connectivity index (χ4n) is 1.71. The number of hydrogen-bond donors (Lipinski definition) is 1. The normalized spacial score (nSPS) is 10.4. The van der Waals surface area contributed by atoms with Crippen LogP contribution in [0.1, 0.15) is 16.7 Å². The van der Waals surface area contributed by atoms with Crippen LogP contribution < -0.4 is 0 Å². The minimum Gasteiger partial charge on any atom is -0.508 e. The van der Waals surface area contributed by atoms with Gasteiger partial charge in [0.2, 0.25) is 0 Å². The van der Waals surface area contributed by atoms with Gasteiger partial charge in [-0.2, -0.15) is 0 Å². The Morgan fingerprint density at radius 2 is 1.81 bits per heavy atom. The van der Waals surface area contributed by atoms with E-state index in [-0.39, 0.29) is 0 Å². The minimum atomic E-state index is 0.342. The van der Waals surface area contributed by atoms with Crippen molar-refractivity contribution in [2.24, 2.45) is 0 Å². The predicted molar refractivity (Wildman–Crippen MR) is 67.1 cm³/mol.